The first-order valence-electron chi connectivity index (χ1n) is 4.89. The molecule has 4 nitrogen and oxygen atoms in total. The van der Waals surface area contributed by atoms with Crippen molar-refractivity contribution < 1.29 is 9.53 Å². The fraction of sp³-hybridized carbons (Fsp3) is 0.167. The van der Waals surface area contributed by atoms with Crippen LogP contribution in [0.25, 0.3) is 11.3 Å². The highest BCUT2D eigenvalue weighted by molar-refractivity contribution is 5.96. The van der Waals surface area contributed by atoms with Crippen molar-refractivity contribution in [3.8, 4) is 11.3 Å². The molecule has 16 heavy (non-hydrogen) atoms. The molecule has 0 aliphatic rings. The van der Waals surface area contributed by atoms with Gasteiger partial charge in [-0.25, -0.2) is 4.79 Å². The van der Waals surface area contributed by atoms with Crippen molar-refractivity contribution in [2.75, 3.05) is 7.11 Å². The molecule has 0 saturated heterocycles. The smallest absolute Gasteiger partial charge is 0.341 e. The van der Waals surface area contributed by atoms with Crippen molar-refractivity contribution in [2.45, 2.75) is 0 Å². The van der Waals surface area contributed by atoms with E-state index in [9.17, 15) is 4.79 Å². The van der Waals surface area contributed by atoms with Crippen LogP contribution in [0, 0.1) is 0 Å². The van der Waals surface area contributed by atoms with Gasteiger partial charge in [-0.15, -0.1) is 0 Å². The highest BCUT2D eigenvalue weighted by Gasteiger charge is 2.17. The molecule has 0 amide bonds. The van der Waals surface area contributed by atoms with Gasteiger partial charge in [-0.1, -0.05) is 30.3 Å². The molecular formula is C12H12N2O2. The summed E-state index contributed by atoms with van der Waals surface area (Å²) in [5.41, 5.74) is 2.20. The second-order valence-electron chi connectivity index (χ2n) is 3.39. The van der Waals surface area contributed by atoms with Crippen molar-refractivity contribution in [2.24, 2.45) is 7.05 Å². The maximum absolute atomic E-state index is 11.5. The molecule has 0 unspecified atom stereocenters. The predicted octanol–water partition coefficient (Wildman–Crippen LogP) is 1.87. The van der Waals surface area contributed by atoms with Gasteiger partial charge < -0.3 is 4.74 Å². The molecule has 1 aromatic heterocycles. The Labute approximate surface area is 93.5 Å². The zero-order valence-corrected chi connectivity index (χ0v) is 9.18. The Morgan fingerprint density at radius 1 is 1.31 bits per heavy atom. The van der Waals surface area contributed by atoms with E-state index in [-0.39, 0.29) is 5.97 Å². The Hall–Kier alpha value is -2.10. The quantitative estimate of drug-likeness (QED) is 0.720. The van der Waals surface area contributed by atoms with E-state index in [2.05, 4.69) is 5.10 Å². The molecule has 0 N–H and O–H groups in total. The van der Waals surface area contributed by atoms with Crippen molar-refractivity contribution in [1.29, 1.82) is 0 Å². The lowest BCUT2D eigenvalue weighted by molar-refractivity contribution is 0.0601. The topological polar surface area (TPSA) is 44.1 Å². The number of carbonyl (C=O) groups is 1. The fourth-order valence-corrected chi connectivity index (χ4v) is 1.64. The monoisotopic (exact) mass is 216 g/mol. The number of hydrogen-bond donors (Lipinski definition) is 0. The molecule has 0 bridgehead atoms. The maximum Gasteiger partial charge on any atom is 0.341 e. The summed E-state index contributed by atoms with van der Waals surface area (Å²) in [5, 5.41) is 4.08. The summed E-state index contributed by atoms with van der Waals surface area (Å²) in [4.78, 5) is 11.5. The minimum absolute atomic E-state index is 0.369. The van der Waals surface area contributed by atoms with Crippen LogP contribution in [-0.2, 0) is 11.8 Å². The van der Waals surface area contributed by atoms with Crippen LogP contribution >= 0.6 is 0 Å². The lowest BCUT2D eigenvalue weighted by Gasteiger charge is -2.04. The molecule has 2 aromatic rings. The fourth-order valence-electron chi connectivity index (χ4n) is 1.64. The second kappa shape index (κ2) is 4.18. The lowest BCUT2D eigenvalue weighted by Crippen LogP contribution is -2.03. The number of rotatable bonds is 2. The third-order valence-electron chi connectivity index (χ3n) is 2.39. The van der Waals surface area contributed by atoms with Crippen LogP contribution in [0.2, 0.25) is 0 Å². The highest BCUT2D eigenvalue weighted by Crippen LogP contribution is 2.23. The number of ether oxygens (including phenoxy) is 1. The van der Waals surface area contributed by atoms with Gasteiger partial charge in [-0.3, -0.25) is 4.68 Å². The summed E-state index contributed by atoms with van der Waals surface area (Å²) >= 11 is 0. The molecule has 0 radical (unpaired) electrons. The molecule has 0 spiro atoms. The normalized spacial score (nSPS) is 10.1. The average Bonchev–Trinajstić information content (AvgIpc) is 2.71. The SMILES string of the molecule is COC(=O)c1cnn(C)c1-c1ccccc1. The van der Waals surface area contributed by atoms with E-state index in [0.29, 0.717) is 5.56 Å². The molecule has 0 aliphatic heterocycles. The van der Waals surface area contributed by atoms with Gasteiger partial charge in [0.2, 0.25) is 0 Å². The highest BCUT2D eigenvalue weighted by atomic mass is 16.5. The zero-order chi connectivity index (χ0) is 11.5. The molecular weight excluding hydrogens is 204 g/mol. The van der Waals surface area contributed by atoms with Gasteiger partial charge in [-0.2, -0.15) is 5.10 Å². The molecule has 82 valence electrons. The van der Waals surface area contributed by atoms with Gasteiger partial charge >= 0.3 is 5.97 Å². The van der Waals surface area contributed by atoms with Gasteiger partial charge in [-0.05, 0) is 0 Å². The number of methoxy groups -OCH3 is 1. The van der Waals surface area contributed by atoms with Gasteiger partial charge in [0.05, 0.1) is 19.0 Å². The lowest BCUT2D eigenvalue weighted by atomic mass is 10.1. The van der Waals surface area contributed by atoms with Gasteiger partial charge in [0, 0.05) is 12.6 Å². The minimum atomic E-state index is -0.369. The number of carbonyl (C=O) groups excluding carboxylic acids is 1. The molecule has 0 saturated carbocycles. The molecule has 0 atom stereocenters. The molecule has 0 fully saturated rings. The van der Waals surface area contributed by atoms with Gasteiger partial charge in [0.15, 0.2) is 0 Å². The van der Waals surface area contributed by atoms with Crippen molar-refractivity contribution >= 4 is 5.97 Å². The average molecular weight is 216 g/mol. The molecule has 4 heteroatoms. The molecule has 1 aromatic carbocycles. The Balaban J connectivity index is 2.56. The first kappa shape index (κ1) is 10.4. The number of hydrogen-bond acceptors (Lipinski definition) is 3. The minimum Gasteiger partial charge on any atom is -0.465 e. The van der Waals surface area contributed by atoms with E-state index in [4.69, 9.17) is 4.74 Å². The van der Waals surface area contributed by atoms with Gasteiger partial charge in [0.1, 0.15) is 5.56 Å². The Morgan fingerprint density at radius 3 is 2.62 bits per heavy atom. The number of benzene rings is 1. The summed E-state index contributed by atoms with van der Waals surface area (Å²) in [6, 6.07) is 9.64. The summed E-state index contributed by atoms with van der Waals surface area (Å²) in [6.45, 7) is 0. The molecule has 2 rings (SSSR count). The van der Waals surface area contributed by atoms with Crippen LogP contribution in [0.1, 0.15) is 10.4 Å². The standard InChI is InChI=1S/C12H12N2O2/c1-14-11(9-6-4-3-5-7-9)10(8-13-14)12(15)16-2/h3-8H,1-2H3. The van der Waals surface area contributed by atoms with Crippen molar-refractivity contribution in [3.63, 3.8) is 0 Å². The van der Waals surface area contributed by atoms with Gasteiger partial charge in [0.25, 0.3) is 0 Å². The van der Waals surface area contributed by atoms with Crippen LogP contribution in [0.5, 0.6) is 0 Å². The Morgan fingerprint density at radius 2 is 2.00 bits per heavy atom. The number of esters is 1. The summed E-state index contributed by atoms with van der Waals surface area (Å²) in [7, 11) is 3.17. The number of aromatic nitrogens is 2. The molecule has 0 aliphatic carbocycles. The second-order valence-corrected chi connectivity index (χ2v) is 3.39. The largest absolute Gasteiger partial charge is 0.465 e. The van der Waals surface area contributed by atoms with Crippen LogP contribution in [0.15, 0.2) is 36.5 Å². The van der Waals surface area contributed by atoms with Crippen molar-refractivity contribution in [1.82, 2.24) is 9.78 Å². The van der Waals surface area contributed by atoms with E-state index in [0.717, 1.165) is 11.3 Å². The van der Waals surface area contributed by atoms with Crippen LogP contribution in [0.4, 0.5) is 0 Å². The van der Waals surface area contributed by atoms with Crippen LogP contribution in [-0.4, -0.2) is 22.9 Å². The zero-order valence-electron chi connectivity index (χ0n) is 9.18. The Bertz CT molecular complexity index is 503. The van der Waals surface area contributed by atoms with Crippen LogP contribution in [0.3, 0.4) is 0 Å². The summed E-state index contributed by atoms with van der Waals surface area (Å²) < 4.78 is 6.39. The predicted molar refractivity (Wildman–Crippen MR) is 60.0 cm³/mol. The third-order valence-corrected chi connectivity index (χ3v) is 2.39. The maximum atomic E-state index is 11.5. The van der Waals surface area contributed by atoms with Crippen molar-refractivity contribution in [3.05, 3.63) is 42.1 Å². The first-order valence-corrected chi connectivity index (χ1v) is 4.89. The Kier molecular flexibility index (Phi) is 2.72. The van der Waals surface area contributed by atoms with E-state index in [1.54, 1.807) is 11.7 Å². The third kappa shape index (κ3) is 1.69. The molecule has 1 heterocycles. The van der Waals surface area contributed by atoms with E-state index < -0.39 is 0 Å². The van der Waals surface area contributed by atoms with E-state index >= 15 is 0 Å². The summed E-state index contributed by atoms with van der Waals surface area (Å²) in [6.07, 6.45) is 1.52. The van der Waals surface area contributed by atoms with Crippen LogP contribution < -0.4 is 0 Å². The number of nitrogens with zero attached hydrogens (tertiary/aromatic N) is 2. The first-order chi connectivity index (χ1) is 7.74. The number of aryl methyl sites for hydroxylation is 1. The van der Waals surface area contributed by atoms with E-state index in [1.165, 1.54) is 13.3 Å². The van der Waals surface area contributed by atoms with E-state index in [1.807, 2.05) is 30.3 Å². The summed E-state index contributed by atoms with van der Waals surface area (Å²) in [5.74, 6) is -0.369.